The first kappa shape index (κ1) is 15.9. The zero-order valence-corrected chi connectivity index (χ0v) is 14.0. The van der Waals surface area contributed by atoms with Gasteiger partial charge in [-0.15, -0.1) is 5.10 Å². The molecular weight excluding hydrogens is 290 g/mol. The Balaban J connectivity index is 1.61. The Hall–Kier alpha value is -1.95. The molecule has 1 fully saturated rings. The Bertz CT molecular complexity index is 604. The molecule has 0 radical (unpaired) electrons. The summed E-state index contributed by atoms with van der Waals surface area (Å²) in [7, 11) is 3.79. The Labute approximate surface area is 137 Å². The molecule has 1 aliphatic rings. The summed E-state index contributed by atoms with van der Waals surface area (Å²) in [6.45, 7) is 1.62. The zero-order valence-electron chi connectivity index (χ0n) is 14.0. The summed E-state index contributed by atoms with van der Waals surface area (Å²) >= 11 is 0. The highest BCUT2D eigenvalue weighted by Crippen LogP contribution is 2.28. The van der Waals surface area contributed by atoms with Crippen molar-refractivity contribution in [1.29, 1.82) is 0 Å². The zero-order chi connectivity index (χ0) is 16.1. The van der Waals surface area contributed by atoms with E-state index in [2.05, 4.69) is 39.6 Å². The topological polar surface area (TPSA) is 56.1 Å². The monoisotopic (exact) mass is 315 g/mol. The molecule has 0 bridgehead atoms. The van der Waals surface area contributed by atoms with Crippen LogP contribution >= 0.6 is 0 Å². The number of hydrogen-bond acceptors (Lipinski definition) is 5. The minimum absolute atomic E-state index is 0.475. The van der Waals surface area contributed by atoms with E-state index in [1.807, 2.05) is 16.8 Å². The van der Waals surface area contributed by atoms with Gasteiger partial charge < -0.3 is 4.74 Å². The summed E-state index contributed by atoms with van der Waals surface area (Å²) in [4.78, 5) is 2.24. The van der Waals surface area contributed by atoms with Crippen molar-refractivity contribution in [1.82, 2.24) is 25.1 Å². The van der Waals surface area contributed by atoms with Gasteiger partial charge in [0.2, 0.25) is 0 Å². The second-order valence-corrected chi connectivity index (χ2v) is 6.35. The van der Waals surface area contributed by atoms with E-state index in [9.17, 15) is 0 Å². The molecule has 0 N–H and O–H groups in total. The van der Waals surface area contributed by atoms with Gasteiger partial charge in [0.1, 0.15) is 5.75 Å². The highest BCUT2D eigenvalue weighted by molar-refractivity contribution is 5.27. The molecule has 1 aromatic heterocycles. The maximum absolute atomic E-state index is 5.20. The molecule has 0 atom stereocenters. The molecule has 2 aromatic rings. The molecule has 1 aliphatic carbocycles. The second-order valence-electron chi connectivity index (χ2n) is 6.35. The molecule has 3 rings (SSSR count). The van der Waals surface area contributed by atoms with E-state index in [1.54, 1.807) is 7.11 Å². The van der Waals surface area contributed by atoms with E-state index < -0.39 is 0 Å². The van der Waals surface area contributed by atoms with Gasteiger partial charge >= 0.3 is 0 Å². The lowest BCUT2D eigenvalue weighted by Gasteiger charge is -2.23. The third-order valence-electron chi connectivity index (χ3n) is 4.50. The number of methoxy groups -OCH3 is 1. The van der Waals surface area contributed by atoms with Crippen molar-refractivity contribution < 1.29 is 4.74 Å². The van der Waals surface area contributed by atoms with E-state index in [0.717, 1.165) is 24.7 Å². The maximum atomic E-state index is 5.20. The standard InChI is InChI=1S/C17H25N5O/c1-21(12-14-8-10-16(23-2)11-9-14)13-17-18-19-20-22(17)15-6-4-3-5-7-15/h8-11,15H,3-7,12-13H2,1-2H3. The molecule has 0 spiro atoms. The van der Waals surface area contributed by atoms with E-state index >= 15 is 0 Å². The number of rotatable bonds is 6. The largest absolute Gasteiger partial charge is 0.497 e. The van der Waals surface area contributed by atoms with Gasteiger partial charge in [-0.3, -0.25) is 4.90 Å². The summed E-state index contributed by atoms with van der Waals surface area (Å²) in [5.74, 6) is 1.85. The predicted octanol–water partition coefficient (Wildman–Crippen LogP) is 2.82. The summed E-state index contributed by atoms with van der Waals surface area (Å²) in [5.41, 5.74) is 1.25. The molecule has 0 unspecified atom stereocenters. The van der Waals surface area contributed by atoms with Crippen molar-refractivity contribution >= 4 is 0 Å². The van der Waals surface area contributed by atoms with E-state index in [1.165, 1.54) is 37.7 Å². The fourth-order valence-electron chi connectivity index (χ4n) is 3.27. The minimum Gasteiger partial charge on any atom is -0.497 e. The molecule has 1 saturated carbocycles. The molecular formula is C17H25N5O. The number of aromatic nitrogens is 4. The van der Waals surface area contributed by atoms with Gasteiger partial charge in [0.05, 0.1) is 19.7 Å². The van der Waals surface area contributed by atoms with Crippen LogP contribution in [0.1, 0.15) is 49.5 Å². The fourth-order valence-corrected chi connectivity index (χ4v) is 3.27. The lowest BCUT2D eigenvalue weighted by molar-refractivity contribution is 0.273. The number of hydrogen-bond donors (Lipinski definition) is 0. The fraction of sp³-hybridized carbons (Fsp3) is 0.588. The van der Waals surface area contributed by atoms with Crippen molar-refractivity contribution in [2.24, 2.45) is 0 Å². The van der Waals surface area contributed by atoms with E-state index in [4.69, 9.17) is 4.74 Å². The Morgan fingerprint density at radius 3 is 2.57 bits per heavy atom. The molecule has 6 nitrogen and oxygen atoms in total. The number of benzene rings is 1. The molecule has 0 aliphatic heterocycles. The van der Waals surface area contributed by atoms with Crippen LogP contribution in [-0.2, 0) is 13.1 Å². The molecule has 1 heterocycles. The van der Waals surface area contributed by atoms with Crippen LogP contribution < -0.4 is 4.74 Å². The van der Waals surface area contributed by atoms with Crippen molar-refractivity contribution in [2.75, 3.05) is 14.2 Å². The Morgan fingerprint density at radius 1 is 1.13 bits per heavy atom. The molecule has 23 heavy (non-hydrogen) atoms. The molecule has 0 amide bonds. The average Bonchev–Trinajstić information content (AvgIpc) is 3.04. The van der Waals surface area contributed by atoms with Gasteiger partial charge in [0.15, 0.2) is 5.82 Å². The summed E-state index contributed by atoms with van der Waals surface area (Å²) < 4.78 is 7.24. The molecule has 0 saturated heterocycles. The molecule has 6 heteroatoms. The molecule has 124 valence electrons. The first-order valence-corrected chi connectivity index (χ1v) is 8.34. The summed E-state index contributed by atoms with van der Waals surface area (Å²) in [6, 6.07) is 8.66. The van der Waals surface area contributed by atoms with Crippen LogP contribution in [0.5, 0.6) is 5.75 Å². The van der Waals surface area contributed by atoms with Crippen LogP contribution in [0.15, 0.2) is 24.3 Å². The smallest absolute Gasteiger partial charge is 0.165 e. The van der Waals surface area contributed by atoms with Gasteiger partial charge in [-0.25, -0.2) is 4.68 Å². The number of tetrazole rings is 1. The van der Waals surface area contributed by atoms with Gasteiger partial charge in [0.25, 0.3) is 0 Å². The first-order valence-electron chi connectivity index (χ1n) is 8.34. The Morgan fingerprint density at radius 2 is 1.87 bits per heavy atom. The predicted molar refractivity (Wildman–Crippen MR) is 88.1 cm³/mol. The van der Waals surface area contributed by atoms with Crippen molar-refractivity contribution in [3.05, 3.63) is 35.7 Å². The lowest BCUT2D eigenvalue weighted by Crippen LogP contribution is -2.23. The van der Waals surface area contributed by atoms with Crippen LogP contribution in [0.4, 0.5) is 0 Å². The van der Waals surface area contributed by atoms with Crippen LogP contribution in [0.25, 0.3) is 0 Å². The van der Waals surface area contributed by atoms with Crippen LogP contribution in [-0.4, -0.2) is 39.3 Å². The highest BCUT2D eigenvalue weighted by atomic mass is 16.5. The lowest BCUT2D eigenvalue weighted by atomic mass is 9.95. The Kier molecular flexibility index (Phi) is 5.23. The van der Waals surface area contributed by atoms with E-state index in [-0.39, 0.29) is 0 Å². The van der Waals surface area contributed by atoms with Gasteiger partial charge in [0, 0.05) is 6.54 Å². The van der Waals surface area contributed by atoms with Gasteiger partial charge in [-0.1, -0.05) is 31.4 Å². The SMILES string of the molecule is COc1ccc(CN(C)Cc2nnnn2C2CCCCC2)cc1. The number of ether oxygens (including phenoxy) is 1. The maximum Gasteiger partial charge on any atom is 0.165 e. The second kappa shape index (κ2) is 7.55. The normalized spacial score (nSPS) is 16.0. The van der Waals surface area contributed by atoms with Crippen molar-refractivity contribution in [3.63, 3.8) is 0 Å². The minimum atomic E-state index is 0.475. The molecule has 1 aromatic carbocycles. The van der Waals surface area contributed by atoms with Crippen LogP contribution in [0, 0.1) is 0 Å². The number of nitrogens with zero attached hydrogens (tertiary/aromatic N) is 5. The quantitative estimate of drug-likeness (QED) is 0.820. The summed E-state index contributed by atoms with van der Waals surface area (Å²) in [6.07, 6.45) is 6.29. The third-order valence-corrected chi connectivity index (χ3v) is 4.50. The average molecular weight is 315 g/mol. The summed E-state index contributed by atoms with van der Waals surface area (Å²) in [5, 5.41) is 12.4. The first-order chi connectivity index (χ1) is 11.3. The third kappa shape index (κ3) is 4.07. The van der Waals surface area contributed by atoms with Gasteiger partial charge in [-0.05, 0) is 48.0 Å². The van der Waals surface area contributed by atoms with Crippen LogP contribution in [0.2, 0.25) is 0 Å². The van der Waals surface area contributed by atoms with E-state index in [0.29, 0.717) is 6.04 Å². The van der Waals surface area contributed by atoms with Gasteiger partial charge in [-0.2, -0.15) is 0 Å². The highest BCUT2D eigenvalue weighted by Gasteiger charge is 2.20. The van der Waals surface area contributed by atoms with Crippen molar-refractivity contribution in [2.45, 2.75) is 51.2 Å². The van der Waals surface area contributed by atoms with Crippen molar-refractivity contribution in [3.8, 4) is 5.75 Å². The van der Waals surface area contributed by atoms with Crippen LogP contribution in [0.3, 0.4) is 0 Å².